The molecule has 1 fully saturated rings. The molecule has 156 valence electrons. The first-order valence-electron chi connectivity index (χ1n) is 9.47. The number of rotatable bonds is 4. The molecule has 2 aromatic heterocycles. The Morgan fingerprint density at radius 2 is 2.03 bits per heavy atom. The van der Waals surface area contributed by atoms with E-state index in [2.05, 4.69) is 10.6 Å². The van der Waals surface area contributed by atoms with Gasteiger partial charge in [-0.2, -0.15) is 0 Å². The normalized spacial score (nSPS) is 19.7. The van der Waals surface area contributed by atoms with Gasteiger partial charge in [0.2, 0.25) is 0 Å². The first-order chi connectivity index (χ1) is 13.4. The van der Waals surface area contributed by atoms with Crippen LogP contribution in [-0.2, 0) is 13.1 Å². The molecular formula is C20H25ClN4O4. The van der Waals surface area contributed by atoms with Crippen LogP contribution in [0.3, 0.4) is 0 Å². The Balaban J connectivity index is 0.00000240. The number of nitrogens with one attached hydrogen (secondary N) is 2. The molecule has 1 saturated heterocycles. The molecule has 29 heavy (non-hydrogen) atoms. The smallest absolute Gasteiger partial charge is 0.289 e. The number of furan rings is 1. The van der Waals surface area contributed by atoms with E-state index in [1.165, 1.54) is 4.90 Å². The summed E-state index contributed by atoms with van der Waals surface area (Å²) in [7, 11) is 3.28. The molecule has 2 N–H and O–H groups in total. The standard InChI is InChI=1S/C20H24N4O4.ClH/c1-23(2)20(27)17-6-3-14(28-17)10-22-18(25)15-4-5-16-13-7-12(8-21-9-13)11-24(16)19(15)26;/h3-6,12-13,21H,7-11H2,1-2H3,(H,22,25);1H/t12-,13+;/m0./s1. The highest BCUT2D eigenvalue weighted by Crippen LogP contribution is 2.31. The summed E-state index contributed by atoms with van der Waals surface area (Å²) in [5.74, 6) is 0.739. The molecule has 2 aromatic rings. The van der Waals surface area contributed by atoms with Crippen LogP contribution in [0, 0.1) is 5.92 Å². The first kappa shape index (κ1) is 21.1. The van der Waals surface area contributed by atoms with E-state index in [4.69, 9.17) is 4.42 Å². The van der Waals surface area contributed by atoms with Crippen molar-refractivity contribution < 1.29 is 14.0 Å². The lowest BCUT2D eigenvalue weighted by Crippen LogP contribution is -2.46. The van der Waals surface area contributed by atoms with Gasteiger partial charge in [-0.1, -0.05) is 0 Å². The van der Waals surface area contributed by atoms with Gasteiger partial charge in [-0.25, -0.2) is 0 Å². The second-order valence-electron chi connectivity index (χ2n) is 7.69. The predicted molar refractivity (Wildman–Crippen MR) is 110 cm³/mol. The summed E-state index contributed by atoms with van der Waals surface area (Å²) in [6, 6.07) is 6.72. The van der Waals surface area contributed by atoms with Gasteiger partial charge in [0.25, 0.3) is 17.4 Å². The molecule has 0 aliphatic carbocycles. The lowest BCUT2D eigenvalue weighted by Gasteiger charge is -2.37. The van der Waals surface area contributed by atoms with Crippen LogP contribution in [0.2, 0.25) is 0 Å². The Morgan fingerprint density at radius 3 is 2.79 bits per heavy atom. The van der Waals surface area contributed by atoms with Crippen LogP contribution in [-0.4, -0.2) is 48.5 Å². The Labute approximate surface area is 174 Å². The van der Waals surface area contributed by atoms with Crippen LogP contribution in [0.5, 0.6) is 0 Å². The zero-order chi connectivity index (χ0) is 19.8. The molecular weight excluding hydrogens is 396 g/mol. The van der Waals surface area contributed by atoms with Crippen molar-refractivity contribution in [3.63, 3.8) is 0 Å². The van der Waals surface area contributed by atoms with Gasteiger partial charge in [0.15, 0.2) is 5.76 Å². The number of hydrogen-bond donors (Lipinski definition) is 2. The van der Waals surface area contributed by atoms with E-state index in [1.807, 2.05) is 6.07 Å². The van der Waals surface area contributed by atoms with E-state index >= 15 is 0 Å². The lowest BCUT2D eigenvalue weighted by molar-refractivity contribution is 0.0794. The Hall–Kier alpha value is -2.58. The molecule has 0 saturated carbocycles. The summed E-state index contributed by atoms with van der Waals surface area (Å²) in [4.78, 5) is 38.7. The number of halogens is 1. The highest BCUT2D eigenvalue weighted by Gasteiger charge is 2.31. The van der Waals surface area contributed by atoms with Crippen molar-refractivity contribution in [3.8, 4) is 0 Å². The van der Waals surface area contributed by atoms with Crippen molar-refractivity contribution in [1.82, 2.24) is 20.1 Å². The van der Waals surface area contributed by atoms with Crippen molar-refractivity contribution in [2.24, 2.45) is 5.92 Å². The summed E-state index contributed by atoms with van der Waals surface area (Å²) < 4.78 is 7.23. The molecule has 0 aromatic carbocycles. The number of fused-ring (bicyclic) bond motifs is 4. The zero-order valence-corrected chi connectivity index (χ0v) is 17.3. The fourth-order valence-electron chi connectivity index (χ4n) is 4.03. The Kier molecular flexibility index (Phi) is 6.14. The van der Waals surface area contributed by atoms with Crippen molar-refractivity contribution in [3.05, 3.63) is 57.4 Å². The van der Waals surface area contributed by atoms with Crippen LogP contribution >= 0.6 is 12.4 Å². The average molecular weight is 421 g/mol. The number of carbonyl (C=O) groups excluding carboxylic acids is 2. The van der Waals surface area contributed by atoms with Crippen molar-refractivity contribution in [2.75, 3.05) is 27.2 Å². The van der Waals surface area contributed by atoms with Crippen LogP contribution in [0.4, 0.5) is 0 Å². The summed E-state index contributed by atoms with van der Waals surface area (Å²) in [5.41, 5.74) is 0.894. The summed E-state index contributed by atoms with van der Waals surface area (Å²) in [6.45, 7) is 2.53. The topological polar surface area (TPSA) is 96.6 Å². The molecule has 2 amide bonds. The minimum Gasteiger partial charge on any atom is -0.454 e. The van der Waals surface area contributed by atoms with Crippen LogP contribution < -0.4 is 16.2 Å². The van der Waals surface area contributed by atoms with Crippen molar-refractivity contribution >= 4 is 24.2 Å². The third-order valence-corrected chi connectivity index (χ3v) is 5.46. The van der Waals surface area contributed by atoms with Crippen LogP contribution in [0.25, 0.3) is 0 Å². The average Bonchev–Trinajstić information content (AvgIpc) is 3.15. The quantitative estimate of drug-likeness (QED) is 0.774. The van der Waals surface area contributed by atoms with Gasteiger partial charge >= 0.3 is 0 Å². The van der Waals surface area contributed by atoms with Crippen LogP contribution in [0.1, 0.15) is 44.7 Å². The number of piperidine rings is 1. The Morgan fingerprint density at radius 1 is 1.24 bits per heavy atom. The minimum absolute atomic E-state index is 0. The fraction of sp³-hybridized carbons (Fsp3) is 0.450. The SMILES string of the molecule is CN(C)C(=O)c1ccc(CNC(=O)c2ccc3n(c2=O)C[C@@H]2CNC[C@H]3C2)o1.Cl. The minimum atomic E-state index is -0.439. The molecule has 4 rings (SSSR count). The molecule has 0 spiro atoms. The molecule has 2 atom stereocenters. The van der Waals surface area contributed by atoms with Crippen LogP contribution in [0.15, 0.2) is 33.5 Å². The molecule has 2 aliphatic heterocycles. The first-order valence-corrected chi connectivity index (χ1v) is 9.47. The number of aromatic nitrogens is 1. The second-order valence-corrected chi connectivity index (χ2v) is 7.69. The molecule has 0 radical (unpaired) electrons. The van der Waals surface area contributed by atoms with Crippen molar-refractivity contribution in [1.29, 1.82) is 0 Å². The molecule has 9 heteroatoms. The van der Waals surface area contributed by atoms with E-state index in [1.54, 1.807) is 36.9 Å². The van der Waals surface area contributed by atoms with Crippen molar-refractivity contribution in [2.45, 2.75) is 25.4 Å². The van der Waals surface area contributed by atoms with E-state index in [9.17, 15) is 14.4 Å². The van der Waals surface area contributed by atoms with Gasteiger partial charge in [-0.3, -0.25) is 14.4 Å². The molecule has 2 bridgehead atoms. The van der Waals surface area contributed by atoms with E-state index in [0.29, 0.717) is 24.1 Å². The van der Waals surface area contributed by atoms with Gasteiger partial charge in [0.1, 0.15) is 11.3 Å². The van der Waals surface area contributed by atoms with Gasteiger partial charge in [0, 0.05) is 38.8 Å². The zero-order valence-electron chi connectivity index (χ0n) is 16.4. The van der Waals surface area contributed by atoms with E-state index < -0.39 is 5.91 Å². The maximum Gasteiger partial charge on any atom is 0.289 e. The highest BCUT2D eigenvalue weighted by molar-refractivity contribution is 5.94. The third-order valence-electron chi connectivity index (χ3n) is 5.46. The largest absolute Gasteiger partial charge is 0.454 e. The number of nitrogens with zero attached hydrogens (tertiary/aromatic N) is 2. The molecule has 0 unspecified atom stereocenters. The second kappa shape index (κ2) is 8.42. The number of amides is 2. The van der Waals surface area contributed by atoms with Gasteiger partial charge in [-0.15, -0.1) is 12.4 Å². The van der Waals surface area contributed by atoms with E-state index in [0.717, 1.165) is 25.2 Å². The predicted octanol–water partition coefficient (Wildman–Crippen LogP) is 1.20. The maximum atomic E-state index is 12.9. The van der Waals surface area contributed by atoms with Gasteiger partial charge in [-0.05, 0) is 43.1 Å². The molecule has 8 nitrogen and oxygen atoms in total. The van der Waals surface area contributed by atoms with Gasteiger partial charge < -0.3 is 24.5 Å². The Bertz CT molecular complexity index is 981. The number of pyridine rings is 1. The lowest BCUT2D eigenvalue weighted by atomic mass is 9.84. The summed E-state index contributed by atoms with van der Waals surface area (Å²) in [6.07, 6.45) is 1.09. The molecule has 2 aliphatic rings. The third kappa shape index (κ3) is 4.09. The highest BCUT2D eigenvalue weighted by atomic mass is 35.5. The molecule has 4 heterocycles. The summed E-state index contributed by atoms with van der Waals surface area (Å²) in [5, 5.41) is 6.12. The number of carbonyl (C=O) groups is 2. The maximum absolute atomic E-state index is 12.9. The monoisotopic (exact) mass is 420 g/mol. The van der Waals surface area contributed by atoms with Gasteiger partial charge in [0.05, 0.1) is 6.54 Å². The fourth-order valence-corrected chi connectivity index (χ4v) is 4.03. The summed E-state index contributed by atoms with van der Waals surface area (Å²) >= 11 is 0. The number of hydrogen-bond acceptors (Lipinski definition) is 5. The van der Waals surface area contributed by atoms with E-state index in [-0.39, 0.29) is 41.7 Å².